The van der Waals surface area contributed by atoms with Crippen molar-refractivity contribution in [2.75, 3.05) is 11.9 Å². The number of ether oxygens (including phenoxy) is 1. The number of rotatable bonds is 7. The van der Waals surface area contributed by atoms with Gasteiger partial charge in [0.15, 0.2) is 0 Å². The summed E-state index contributed by atoms with van der Waals surface area (Å²) < 4.78 is 5.62. The molecule has 0 atom stereocenters. The van der Waals surface area contributed by atoms with Crippen molar-refractivity contribution in [3.05, 3.63) is 39.3 Å². The lowest BCUT2D eigenvalue weighted by molar-refractivity contribution is 0.102. The van der Waals surface area contributed by atoms with Crippen molar-refractivity contribution >= 4 is 22.9 Å². The summed E-state index contributed by atoms with van der Waals surface area (Å²) in [5.74, 6) is 1.27. The lowest BCUT2D eigenvalue weighted by Crippen LogP contribution is -2.12. The van der Waals surface area contributed by atoms with Gasteiger partial charge in [-0.15, -0.1) is 11.3 Å². The summed E-state index contributed by atoms with van der Waals surface area (Å²) in [6.45, 7) is 10.9. The van der Waals surface area contributed by atoms with Gasteiger partial charge in [-0.25, -0.2) is 4.98 Å². The SMILES string of the molecule is CCCOc1ccc(NC(=O)c2sc(CC(C)C)nc2C)c(C)c1. The minimum absolute atomic E-state index is 0.0923. The summed E-state index contributed by atoms with van der Waals surface area (Å²) >= 11 is 1.49. The van der Waals surface area contributed by atoms with Crippen molar-refractivity contribution < 1.29 is 9.53 Å². The molecule has 5 heteroatoms. The van der Waals surface area contributed by atoms with Gasteiger partial charge in [0, 0.05) is 12.1 Å². The molecule has 1 aromatic carbocycles. The molecule has 0 saturated heterocycles. The molecule has 0 aliphatic carbocycles. The highest BCUT2D eigenvalue weighted by Crippen LogP contribution is 2.25. The van der Waals surface area contributed by atoms with E-state index in [1.165, 1.54) is 11.3 Å². The van der Waals surface area contributed by atoms with Gasteiger partial charge in [-0.2, -0.15) is 0 Å². The molecule has 0 aliphatic heterocycles. The van der Waals surface area contributed by atoms with E-state index in [2.05, 4.69) is 31.1 Å². The number of hydrogen-bond acceptors (Lipinski definition) is 4. The molecule has 4 nitrogen and oxygen atoms in total. The Kier molecular flexibility index (Phi) is 6.37. The number of benzene rings is 1. The van der Waals surface area contributed by atoms with Crippen LogP contribution in [0.4, 0.5) is 5.69 Å². The van der Waals surface area contributed by atoms with E-state index in [9.17, 15) is 4.79 Å². The number of anilines is 1. The predicted octanol–water partition coefficient (Wildman–Crippen LogP) is 5.00. The maximum atomic E-state index is 12.6. The lowest BCUT2D eigenvalue weighted by Gasteiger charge is -2.10. The summed E-state index contributed by atoms with van der Waals surface area (Å²) in [6, 6.07) is 5.74. The Morgan fingerprint density at radius 2 is 2.08 bits per heavy atom. The molecule has 2 aromatic rings. The number of thiazole rings is 1. The zero-order valence-electron chi connectivity index (χ0n) is 15.1. The van der Waals surface area contributed by atoms with Gasteiger partial charge in [0.25, 0.3) is 5.91 Å². The second-order valence-electron chi connectivity index (χ2n) is 6.40. The third kappa shape index (κ3) is 4.81. The number of carbonyl (C=O) groups is 1. The van der Waals surface area contributed by atoms with Crippen LogP contribution in [-0.4, -0.2) is 17.5 Å². The lowest BCUT2D eigenvalue weighted by atomic mass is 10.1. The van der Waals surface area contributed by atoms with E-state index < -0.39 is 0 Å². The van der Waals surface area contributed by atoms with Gasteiger partial charge in [0.2, 0.25) is 0 Å². The van der Waals surface area contributed by atoms with Gasteiger partial charge in [0.05, 0.1) is 17.3 Å². The molecular formula is C19H26N2O2S. The summed E-state index contributed by atoms with van der Waals surface area (Å²) in [7, 11) is 0. The zero-order valence-corrected chi connectivity index (χ0v) is 15.9. The van der Waals surface area contributed by atoms with Gasteiger partial charge >= 0.3 is 0 Å². The second-order valence-corrected chi connectivity index (χ2v) is 7.48. The van der Waals surface area contributed by atoms with Crippen LogP contribution in [0.5, 0.6) is 5.75 Å². The molecule has 130 valence electrons. The number of amides is 1. The Morgan fingerprint density at radius 3 is 2.71 bits per heavy atom. The first-order valence-corrected chi connectivity index (χ1v) is 9.23. The highest BCUT2D eigenvalue weighted by atomic mass is 32.1. The van der Waals surface area contributed by atoms with Crippen LogP contribution in [0.3, 0.4) is 0 Å². The summed E-state index contributed by atoms with van der Waals surface area (Å²) in [5.41, 5.74) is 2.59. The Bertz CT molecular complexity index is 707. The summed E-state index contributed by atoms with van der Waals surface area (Å²) in [6.07, 6.45) is 1.88. The minimum Gasteiger partial charge on any atom is -0.494 e. The van der Waals surface area contributed by atoms with Crippen LogP contribution in [0.25, 0.3) is 0 Å². The fraction of sp³-hybridized carbons (Fsp3) is 0.474. The van der Waals surface area contributed by atoms with Crippen LogP contribution in [0.1, 0.15) is 53.1 Å². The first-order chi connectivity index (χ1) is 11.4. The Hall–Kier alpha value is -1.88. The fourth-order valence-electron chi connectivity index (χ4n) is 2.36. The van der Waals surface area contributed by atoms with E-state index in [-0.39, 0.29) is 5.91 Å². The van der Waals surface area contributed by atoms with E-state index in [0.717, 1.165) is 40.5 Å². The molecule has 1 N–H and O–H groups in total. The zero-order chi connectivity index (χ0) is 17.7. The third-order valence-corrected chi connectivity index (χ3v) is 4.73. The number of hydrogen-bond donors (Lipinski definition) is 1. The molecule has 24 heavy (non-hydrogen) atoms. The van der Waals surface area contributed by atoms with Crippen LogP contribution < -0.4 is 10.1 Å². The van der Waals surface area contributed by atoms with E-state index in [1.807, 2.05) is 32.0 Å². The van der Waals surface area contributed by atoms with Gasteiger partial charge in [0.1, 0.15) is 10.6 Å². The van der Waals surface area contributed by atoms with Crippen LogP contribution in [0, 0.1) is 19.8 Å². The van der Waals surface area contributed by atoms with Crippen molar-refractivity contribution in [3.63, 3.8) is 0 Å². The molecule has 0 saturated carbocycles. The third-order valence-electron chi connectivity index (χ3n) is 3.55. The Labute approximate surface area is 148 Å². The number of aryl methyl sites for hydroxylation is 2. The predicted molar refractivity (Wildman–Crippen MR) is 100 cm³/mol. The quantitative estimate of drug-likeness (QED) is 0.767. The van der Waals surface area contributed by atoms with Gasteiger partial charge < -0.3 is 10.1 Å². The van der Waals surface area contributed by atoms with Crippen molar-refractivity contribution in [2.45, 2.75) is 47.5 Å². The molecule has 0 unspecified atom stereocenters. The average molecular weight is 346 g/mol. The van der Waals surface area contributed by atoms with E-state index in [1.54, 1.807) is 0 Å². The molecule has 2 rings (SSSR count). The number of carbonyl (C=O) groups excluding carboxylic acids is 1. The van der Waals surface area contributed by atoms with Crippen molar-refractivity contribution in [3.8, 4) is 5.75 Å². The summed E-state index contributed by atoms with van der Waals surface area (Å²) in [4.78, 5) is 17.8. The normalized spacial score (nSPS) is 10.9. The van der Waals surface area contributed by atoms with E-state index in [0.29, 0.717) is 17.4 Å². The average Bonchev–Trinajstić information content (AvgIpc) is 2.87. The summed E-state index contributed by atoms with van der Waals surface area (Å²) in [5, 5.41) is 4.01. The van der Waals surface area contributed by atoms with E-state index >= 15 is 0 Å². The maximum Gasteiger partial charge on any atom is 0.267 e. The number of nitrogens with zero attached hydrogens (tertiary/aromatic N) is 1. The number of nitrogens with one attached hydrogen (secondary N) is 1. The molecule has 1 heterocycles. The highest BCUT2D eigenvalue weighted by molar-refractivity contribution is 7.13. The first-order valence-electron chi connectivity index (χ1n) is 8.41. The molecule has 0 fully saturated rings. The first kappa shape index (κ1) is 18.5. The van der Waals surface area contributed by atoms with Crippen LogP contribution in [-0.2, 0) is 6.42 Å². The largest absolute Gasteiger partial charge is 0.494 e. The topological polar surface area (TPSA) is 51.2 Å². The molecule has 0 spiro atoms. The monoisotopic (exact) mass is 346 g/mol. The maximum absolute atomic E-state index is 12.6. The second kappa shape index (κ2) is 8.29. The standard InChI is InChI=1S/C19H26N2O2S/c1-6-9-23-15-7-8-16(13(4)11-15)21-19(22)18-14(5)20-17(24-18)10-12(2)3/h7-8,11-12H,6,9-10H2,1-5H3,(H,21,22). The van der Waals surface area contributed by atoms with Gasteiger partial charge in [-0.05, 0) is 49.9 Å². The van der Waals surface area contributed by atoms with Crippen LogP contribution in [0.15, 0.2) is 18.2 Å². The minimum atomic E-state index is -0.0923. The van der Waals surface area contributed by atoms with E-state index in [4.69, 9.17) is 4.74 Å². The van der Waals surface area contributed by atoms with Gasteiger partial charge in [-0.1, -0.05) is 20.8 Å². The van der Waals surface area contributed by atoms with Crippen molar-refractivity contribution in [2.24, 2.45) is 5.92 Å². The highest BCUT2D eigenvalue weighted by Gasteiger charge is 2.16. The van der Waals surface area contributed by atoms with Crippen LogP contribution in [0.2, 0.25) is 0 Å². The molecule has 0 aliphatic rings. The number of aromatic nitrogens is 1. The Balaban J connectivity index is 2.10. The smallest absolute Gasteiger partial charge is 0.267 e. The van der Waals surface area contributed by atoms with Crippen molar-refractivity contribution in [1.82, 2.24) is 4.98 Å². The molecule has 1 aromatic heterocycles. The molecule has 0 bridgehead atoms. The Morgan fingerprint density at radius 1 is 1.33 bits per heavy atom. The van der Waals surface area contributed by atoms with Gasteiger partial charge in [-0.3, -0.25) is 4.79 Å². The fourth-order valence-corrected chi connectivity index (χ4v) is 3.54. The molecule has 1 amide bonds. The van der Waals surface area contributed by atoms with Crippen molar-refractivity contribution in [1.29, 1.82) is 0 Å². The molecule has 0 radical (unpaired) electrons. The van der Waals surface area contributed by atoms with Crippen LogP contribution >= 0.6 is 11.3 Å². The molecular weight excluding hydrogens is 320 g/mol.